The van der Waals surface area contributed by atoms with Gasteiger partial charge in [0.05, 0.1) is 6.61 Å². The van der Waals surface area contributed by atoms with Gasteiger partial charge >= 0.3 is 5.97 Å². The third-order valence-electron chi connectivity index (χ3n) is 11.1. The van der Waals surface area contributed by atoms with E-state index in [0.717, 1.165) is 44.9 Å². The highest BCUT2D eigenvalue weighted by Gasteiger charge is 2.48. The third-order valence-corrected chi connectivity index (χ3v) is 11.1. The van der Waals surface area contributed by atoms with Crippen LogP contribution in [-0.4, -0.2) is 86.8 Å². The van der Waals surface area contributed by atoms with E-state index in [0.29, 0.717) is 38.6 Å². The summed E-state index contributed by atoms with van der Waals surface area (Å²) < 4.78 is 6.14. The van der Waals surface area contributed by atoms with E-state index in [4.69, 9.17) is 9.84 Å². The monoisotopic (exact) mass is 769 g/mol. The molecule has 0 bridgehead atoms. The molecule has 0 aromatic carbocycles. The maximum absolute atomic E-state index is 13.9. The summed E-state index contributed by atoms with van der Waals surface area (Å²) in [6, 6.07) is -1.05. The molecule has 0 unspecified atom stereocenters. The zero-order valence-electron chi connectivity index (χ0n) is 34.8. The van der Waals surface area contributed by atoms with Crippen molar-refractivity contribution in [3.63, 3.8) is 0 Å². The van der Waals surface area contributed by atoms with Gasteiger partial charge in [0.25, 0.3) is 0 Å². The molecule has 2 amide bonds. The van der Waals surface area contributed by atoms with Crippen molar-refractivity contribution in [2.45, 2.75) is 250 Å². The second kappa shape index (κ2) is 34.5. The van der Waals surface area contributed by atoms with Crippen LogP contribution in [0.2, 0.25) is 0 Å². The number of nitrogens with one attached hydrogen (secondary N) is 1. The molecule has 1 rings (SSSR count). The summed E-state index contributed by atoms with van der Waals surface area (Å²) >= 11 is 0. The first-order valence-electron chi connectivity index (χ1n) is 22.7. The number of carboxylic acids is 1. The molecule has 0 aromatic rings. The number of nitrogens with zero attached hydrogens (tertiary/aromatic N) is 1. The average molecular weight is 769 g/mol. The van der Waals surface area contributed by atoms with E-state index in [1.807, 2.05) is 0 Å². The molecular formula is C44H84N2O8. The number of carbonyl (C=O) groups excluding carboxylic acids is 2. The van der Waals surface area contributed by atoms with Gasteiger partial charge in [0.1, 0.15) is 24.4 Å². The van der Waals surface area contributed by atoms with Crippen molar-refractivity contribution in [2.24, 2.45) is 0 Å². The van der Waals surface area contributed by atoms with Crippen LogP contribution >= 0.6 is 0 Å². The average Bonchev–Trinajstić information content (AvgIpc) is 3.15. The molecule has 1 aliphatic rings. The molecule has 1 fully saturated rings. The predicted molar refractivity (Wildman–Crippen MR) is 218 cm³/mol. The molecule has 1 saturated heterocycles. The quantitative estimate of drug-likeness (QED) is 0.0392. The molecule has 5 N–H and O–H groups in total. The first kappa shape index (κ1) is 50.3. The topological polar surface area (TPSA) is 157 Å². The van der Waals surface area contributed by atoms with Gasteiger partial charge in [-0.25, -0.2) is 0 Å². The molecule has 0 aliphatic carbocycles. The fourth-order valence-corrected chi connectivity index (χ4v) is 7.65. The van der Waals surface area contributed by atoms with Gasteiger partial charge in [-0.3, -0.25) is 14.4 Å². The molecule has 318 valence electrons. The smallest absolute Gasteiger partial charge is 0.303 e. The van der Waals surface area contributed by atoms with E-state index in [2.05, 4.69) is 19.2 Å². The number of carbonyl (C=O) groups is 3. The zero-order valence-corrected chi connectivity index (χ0v) is 34.8. The summed E-state index contributed by atoms with van der Waals surface area (Å²) in [7, 11) is 0. The minimum Gasteiger partial charge on any atom is -0.481 e. The number of unbranched alkanes of at least 4 members (excludes halogenated alkanes) is 26. The Bertz CT molecular complexity index is 921. The van der Waals surface area contributed by atoms with E-state index in [1.54, 1.807) is 4.90 Å². The molecule has 10 nitrogen and oxygen atoms in total. The van der Waals surface area contributed by atoms with Crippen LogP contribution < -0.4 is 5.32 Å². The van der Waals surface area contributed by atoms with Crippen molar-refractivity contribution in [3.8, 4) is 0 Å². The number of aliphatic hydroxyl groups excluding tert-OH is 3. The number of carboxylic acid groups (broad SMARTS) is 1. The lowest BCUT2D eigenvalue weighted by Crippen LogP contribution is -2.68. The van der Waals surface area contributed by atoms with Crippen LogP contribution in [0.4, 0.5) is 0 Å². The fraction of sp³-hybridized carbons (Fsp3) is 0.932. The maximum atomic E-state index is 13.9. The van der Waals surface area contributed by atoms with Crippen LogP contribution in [-0.2, 0) is 19.1 Å². The lowest BCUT2D eigenvalue weighted by molar-refractivity contribution is -0.231. The van der Waals surface area contributed by atoms with Gasteiger partial charge in [0.2, 0.25) is 11.8 Å². The van der Waals surface area contributed by atoms with E-state index < -0.39 is 43.2 Å². The van der Waals surface area contributed by atoms with Crippen LogP contribution in [0.3, 0.4) is 0 Å². The summed E-state index contributed by atoms with van der Waals surface area (Å²) in [6.45, 7) is 4.38. The Hall–Kier alpha value is -1.75. The number of aliphatic carboxylic acids is 1. The van der Waals surface area contributed by atoms with Gasteiger partial charge < -0.3 is 35.4 Å². The van der Waals surface area contributed by atoms with Crippen molar-refractivity contribution in [2.75, 3.05) is 13.2 Å². The largest absolute Gasteiger partial charge is 0.481 e. The maximum Gasteiger partial charge on any atom is 0.303 e. The van der Waals surface area contributed by atoms with E-state index in [-0.39, 0.29) is 24.7 Å². The first-order chi connectivity index (χ1) is 26.3. The zero-order chi connectivity index (χ0) is 39.7. The van der Waals surface area contributed by atoms with Gasteiger partial charge in [-0.1, -0.05) is 174 Å². The summed E-state index contributed by atoms with van der Waals surface area (Å²) in [4.78, 5) is 39.4. The predicted octanol–water partition coefficient (Wildman–Crippen LogP) is 9.35. The number of hydrogen-bond donors (Lipinski definition) is 5. The summed E-state index contributed by atoms with van der Waals surface area (Å²) in [5.74, 6) is -1.25. The van der Waals surface area contributed by atoms with Crippen LogP contribution in [0.15, 0.2) is 0 Å². The summed E-state index contributed by atoms with van der Waals surface area (Å²) in [5, 5.41) is 43.7. The molecule has 5 atom stereocenters. The summed E-state index contributed by atoms with van der Waals surface area (Å²) in [5.41, 5.74) is 0. The minimum absolute atomic E-state index is 0.0939. The molecule has 0 saturated carbocycles. The number of rotatable bonds is 37. The van der Waals surface area contributed by atoms with Gasteiger partial charge in [0.15, 0.2) is 6.23 Å². The standard InChI is InChI=1S/C44H84N2O8/c1-3-5-7-9-11-13-15-16-17-18-19-20-22-24-29-33-39(49)46(35-31-27-23-21-14-12-10-8-6-4-2)44-41(43(53)42(52)37(36-47)54-44)45-38(48)32-28-25-26-30-34-40(50)51/h37,41-44,47,52-53H,3-36H2,1-2H3,(H,45,48)(H,50,51)/t37-,41+,42-,43-,44-/m1/s1. The van der Waals surface area contributed by atoms with Crippen molar-refractivity contribution in [1.29, 1.82) is 0 Å². The van der Waals surface area contributed by atoms with Crippen LogP contribution in [0.25, 0.3) is 0 Å². The molecule has 10 heteroatoms. The molecular weight excluding hydrogens is 684 g/mol. The lowest BCUT2D eigenvalue weighted by atomic mass is 9.94. The van der Waals surface area contributed by atoms with E-state index in [9.17, 15) is 29.7 Å². The van der Waals surface area contributed by atoms with Crippen LogP contribution in [0, 0.1) is 0 Å². The number of ether oxygens (including phenoxy) is 1. The Labute approximate surface area is 330 Å². The minimum atomic E-state index is -1.42. The first-order valence-corrected chi connectivity index (χ1v) is 22.7. The lowest BCUT2D eigenvalue weighted by Gasteiger charge is -2.47. The Morgan fingerprint density at radius 3 is 1.35 bits per heavy atom. The second-order valence-corrected chi connectivity index (χ2v) is 16.1. The number of aliphatic hydroxyl groups is 3. The molecule has 1 aliphatic heterocycles. The van der Waals surface area contributed by atoms with Crippen molar-refractivity contribution in [3.05, 3.63) is 0 Å². The highest BCUT2D eigenvalue weighted by Crippen LogP contribution is 2.26. The Morgan fingerprint density at radius 2 is 0.926 bits per heavy atom. The van der Waals surface area contributed by atoms with Crippen molar-refractivity contribution < 1.29 is 39.5 Å². The third kappa shape index (κ3) is 24.7. The van der Waals surface area contributed by atoms with Gasteiger partial charge in [-0.15, -0.1) is 0 Å². The van der Waals surface area contributed by atoms with Crippen molar-refractivity contribution >= 4 is 17.8 Å². The van der Waals surface area contributed by atoms with E-state index in [1.165, 1.54) is 116 Å². The SMILES string of the molecule is CCCCCCCCCCCCCCCCCC(=O)N(CCCCCCCCCCCC)[C@@H]1O[C@H](CO)[C@@H](O)[C@H](O)[C@@H]1NC(=O)CCCCCCC(=O)O. The molecule has 0 spiro atoms. The Morgan fingerprint density at radius 1 is 0.537 bits per heavy atom. The molecule has 54 heavy (non-hydrogen) atoms. The normalized spacial score (nSPS) is 19.9. The van der Waals surface area contributed by atoms with Crippen LogP contribution in [0.5, 0.6) is 0 Å². The van der Waals surface area contributed by atoms with Crippen molar-refractivity contribution in [1.82, 2.24) is 10.2 Å². The van der Waals surface area contributed by atoms with Gasteiger partial charge in [-0.2, -0.15) is 0 Å². The Balaban J connectivity index is 2.71. The fourth-order valence-electron chi connectivity index (χ4n) is 7.65. The van der Waals surface area contributed by atoms with Gasteiger partial charge in [-0.05, 0) is 25.7 Å². The summed E-state index contributed by atoms with van der Waals surface area (Å²) in [6.07, 6.45) is 28.4. The highest BCUT2D eigenvalue weighted by molar-refractivity contribution is 5.78. The van der Waals surface area contributed by atoms with E-state index >= 15 is 0 Å². The number of hydrogen-bond acceptors (Lipinski definition) is 7. The molecule has 0 radical (unpaired) electrons. The molecule has 1 heterocycles. The number of amides is 2. The highest BCUT2D eigenvalue weighted by atomic mass is 16.5. The van der Waals surface area contributed by atoms with Crippen LogP contribution in [0.1, 0.15) is 219 Å². The molecule has 0 aromatic heterocycles. The second-order valence-electron chi connectivity index (χ2n) is 16.1. The Kier molecular flexibility index (Phi) is 32.1. The van der Waals surface area contributed by atoms with Gasteiger partial charge in [0, 0.05) is 25.8 Å².